The van der Waals surface area contributed by atoms with Gasteiger partial charge in [-0.1, -0.05) is 36.4 Å². The zero-order valence-corrected chi connectivity index (χ0v) is 14.7. The number of amides is 2. The summed E-state index contributed by atoms with van der Waals surface area (Å²) in [6.07, 6.45) is 2.20. The number of carbonyl (C=O) groups is 2. The fourth-order valence-electron chi connectivity index (χ4n) is 3.23. The Morgan fingerprint density at radius 3 is 2.35 bits per heavy atom. The summed E-state index contributed by atoms with van der Waals surface area (Å²) in [4.78, 5) is 26.4. The van der Waals surface area contributed by atoms with E-state index in [-0.39, 0.29) is 23.7 Å². The maximum absolute atomic E-state index is 13.6. The molecule has 0 aliphatic carbocycles. The van der Waals surface area contributed by atoms with Crippen molar-refractivity contribution in [2.75, 3.05) is 13.1 Å². The Hall–Kier alpha value is -2.69. The molecule has 0 spiro atoms. The first-order valence-corrected chi connectivity index (χ1v) is 9.00. The molecule has 0 atom stereocenters. The van der Waals surface area contributed by atoms with Crippen LogP contribution in [0.25, 0.3) is 0 Å². The molecule has 2 aromatic carbocycles. The Kier molecular flexibility index (Phi) is 6.00. The lowest BCUT2D eigenvalue weighted by molar-refractivity contribution is -0.132. The number of likely N-dealkylation sites (tertiary alicyclic amines) is 1. The van der Waals surface area contributed by atoms with Crippen LogP contribution in [0.15, 0.2) is 54.6 Å². The van der Waals surface area contributed by atoms with E-state index in [0.29, 0.717) is 37.1 Å². The molecule has 3 rings (SSSR count). The van der Waals surface area contributed by atoms with E-state index in [2.05, 4.69) is 5.32 Å². The molecule has 1 N–H and O–H groups in total. The van der Waals surface area contributed by atoms with Crippen molar-refractivity contribution in [2.45, 2.75) is 31.7 Å². The van der Waals surface area contributed by atoms with Crippen LogP contribution in [0, 0.1) is 5.82 Å². The lowest BCUT2D eigenvalue weighted by atomic mass is 10.0. The van der Waals surface area contributed by atoms with E-state index >= 15 is 0 Å². The van der Waals surface area contributed by atoms with Gasteiger partial charge in [0.2, 0.25) is 5.91 Å². The van der Waals surface area contributed by atoms with Crippen LogP contribution in [0.3, 0.4) is 0 Å². The molecule has 2 aromatic rings. The molecule has 1 fully saturated rings. The zero-order chi connectivity index (χ0) is 18.4. The standard InChI is InChI=1S/C21H23FN2O2/c22-19-9-5-4-6-16(19)10-11-20(25)24-14-12-18(13-15-24)23-21(26)17-7-2-1-3-8-17/h1-9,18H,10-15H2,(H,23,26). The third kappa shape index (κ3) is 4.69. The zero-order valence-electron chi connectivity index (χ0n) is 14.7. The Bertz CT molecular complexity index is 756. The van der Waals surface area contributed by atoms with Gasteiger partial charge in [0.05, 0.1) is 0 Å². The van der Waals surface area contributed by atoms with Crippen LogP contribution in [-0.4, -0.2) is 35.8 Å². The van der Waals surface area contributed by atoms with Crippen molar-refractivity contribution in [1.82, 2.24) is 10.2 Å². The number of nitrogens with zero attached hydrogens (tertiary/aromatic N) is 1. The predicted molar refractivity (Wildman–Crippen MR) is 98.2 cm³/mol. The molecule has 0 saturated carbocycles. The molecule has 26 heavy (non-hydrogen) atoms. The van der Waals surface area contributed by atoms with Crippen LogP contribution in [-0.2, 0) is 11.2 Å². The summed E-state index contributed by atoms with van der Waals surface area (Å²) in [5, 5.41) is 3.03. The molecule has 5 heteroatoms. The quantitative estimate of drug-likeness (QED) is 0.897. The molecule has 0 unspecified atom stereocenters. The van der Waals surface area contributed by atoms with Gasteiger partial charge in [-0.3, -0.25) is 9.59 Å². The predicted octanol–water partition coefficient (Wildman–Crippen LogP) is 3.18. The van der Waals surface area contributed by atoms with Gasteiger partial charge in [0.25, 0.3) is 5.91 Å². The first-order chi connectivity index (χ1) is 12.6. The molecule has 1 aliphatic rings. The highest BCUT2D eigenvalue weighted by atomic mass is 19.1. The summed E-state index contributed by atoms with van der Waals surface area (Å²) in [6, 6.07) is 15.8. The van der Waals surface area contributed by atoms with Crippen LogP contribution in [0.1, 0.15) is 35.2 Å². The maximum Gasteiger partial charge on any atom is 0.251 e. The number of piperidine rings is 1. The van der Waals surface area contributed by atoms with Crippen molar-refractivity contribution in [3.8, 4) is 0 Å². The molecule has 1 heterocycles. The highest BCUT2D eigenvalue weighted by Gasteiger charge is 2.24. The lowest BCUT2D eigenvalue weighted by Gasteiger charge is -2.32. The van der Waals surface area contributed by atoms with Crippen molar-refractivity contribution in [1.29, 1.82) is 0 Å². The number of hydrogen-bond acceptors (Lipinski definition) is 2. The Balaban J connectivity index is 1.44. The van der Waals surface area contributed by atoms with Crippen molar-refractivity contribution >= 4 is 11.8 Å². The topological polar surface area (TPSA) is 49.4 Å². The van der Waals surface area contributed by atoms with E-state index in [9.17, 15) is 14.0 Å². The minimum absolute atomic E-state index is 0.0427. The van der Waals surface area contributed by atoms with E-state index in [1.54, 1.807) is 30.3 Å². The highest BCUT2D eigenvalue weighted by Crippen LogP contribution is 2.15. The summed E-state index contributed by atoms with van der Waals surface area (Å²) in [5.41, 5.74) is 1.22. The second-order valence-electron chi connectivity index (χ2n) is 6.59. The molecule has 136 valence electrons. The monoisotopic (exact) mass is 354 g/mol. The maximum atomic E-state index is 13.6. The minimum atomic E-state index is -0.261. The first-order valence-electron chi connectivity index (χ1n) is 9.00. The fourth-order valence-corrected chi connectivity index (χ4v) is 3.23. The van der Waals surface area contributed by atoms with Gasteiger partial charge in [-0.25, -0.2) is 4.39 Å². The van der Waals surface area contributed by atoms with E-state index < -0.39 is 0 Å². The Labute approximate surface area is 153 Å². The van der Waals surface area contributed by atoms with Crippen molar-refractivity contribution in [3.05, 3.63) is 71.5 Å². The molecule has 0 bridgehead atoms. The number of benzene rings is 2. The van der Waals surface area contributed by atoms with Crippen molar-refractivity contribution in [2.24, 2.45) is 0 Å². The van der Waals surface area contributed by atoms with Crippen LogP contribution >= 0.6 is 0 Å². The van der Waals surface area contributed by atoms with Gasteiger partial charge < -0.3 is 10.2 Å². The highest BCUT2D eigenvalue weighted by molar-refractivity contribution is 5.94. The summed E-state index contributed by atoms with van der Waals surface area (Å²) in [5.74, 6) is -0.293. The first kappa shape index (κ1) is 18.1. The number of halogens is 1. The molecule has 0 radical (unpaired) electrons. The average Bonchev–Trinajstić information content (AvgIpc) is 2.68. The number of hydrogen-bond donors (Lipinski definition) is 1. The molecular weight excluding hydrogens is 331 g/mol. The summed E-state index contributed by atoms with van der Waals surface area (Å²) in [6.45, 7) is 1.24. The van der Waals surface area contributed by atoms with Gasteiger partial charge in [0.15, 0.2) is 0 Å². The molecule has 0 aromatic heterocycles. The lowest BCUT2D eigenvalue weighted by Crippen LogP contribution is -2.46. The second-order valence-corrected chi connectivity index (χ2v) is 6.59. The molecule has 2 amide bonds. The van der Waals surface area contributed by atoms with E-state index in [1.807, 2.05) is 23.1 Å². The van der Waals surface area contributed by atoms with Gasteiger partial charge in [-0.15, -0.1) is 0 Å². The van der Waals surface area contributed by atoms with Crippen LogP contribution in [0.4, 0.5) is 4.39 Å². The summed E-state index contributed by atoms with van der Waals surface area (Å²) < 4.78 is 13.6. The fraction of sp³-hybridized carbons (Fsp3) is 0.333. The molecule has 1 aliphatic heterocycles. The Morgan fingerprint density at radius 1 is 1.00 bits per heavy atom. The minimum Gasteiger partial charge on any atom is -0.349 e. The van der Waals surface area contributed by atoms with Crippen LogP contribution < -0.4 is 5.32 Å². The summed E-state index contributed by atoms with van der Waals surface area (Å²) >= 11 is 0. The smallest absolute Gasteiger partial charge is 0.251 e. The molecular formula is C21H23FN2O2. The molecule has 1 saturated heterocycles. The third-order valence-corrected chi connectivity index (χ3v) is 4.78. The summed E-state index contributed by atoms with van der Waals surface area (Å²) in [7, 11) is 0. The van der Waals surface area contributed by atoms with Gasteiger partial charge in [-0.2, -0.15) is 0 Å². The number of carbonyl (C=O) groups excluding carboxylic acids is 2. The molecule has 4 nitrogen and oxygen atoms in total. The normalized spacial score (nSPS) is 14.9. The van der Waals surface area contributed by atoms with Gasteiger partial charge >= 0.3 is 0 Å². The number of rotatable bonds is 5. The van der Waals surface area contributed by atoms with Gasteiger partial charge in [0, 0.05) is 31.1 Å². The second kappa shape index (κ2) is 8.61. The average molecular weight is 354 g/mol. The Morgan fingerprint density at radius 2 is 1.65 bits per heavy atom. The number of nitrogens with one attached hydrogen (secondary N) is 1. The van der Waals surface area contributed by atoms with Crippen LogP contribution in [0.5, 0.6) is 0 Å². The van der Waals surface area contributed by atoms with Crippen molar-refractivity contribution < 1.29 is 14.0 Å². The number of aryl methyl sites for hydroxylation is 1. The SMILES string of the molecule is O=C(NC1CCN(C(=O)CCc2ccccc2F)CC1)c1ccccc1. The van der Waals surface area contributed by atoms with Gasteiger partial charge in [0.1, 0.15) is 5.82 Å². The van der Waals surface area contributed by atoms with E-state index in [4.69, 9.17) is 0 Å². The van der Waals surface area contributed by atoms with Crippen LogP contribution in [0.2, 0.25) is 0 Å². The third-order valence-electron chi connectivity index (χ3n) is 4.78. The van der Waals surface area contributed by atoms with Crippen molar-refractivity contribution in [3.63, 3.8) is 0 Å². The van der Waals surface area contributed by atoms with Gasteiger partial charge in [-0.05, 0) is 43.0 Å². The van der Waals surface area contributed by atoms with E-state index in [0.717, 1.165) is 12.8 Å². The largest absolute Gasteiger partial charge is 0.349 e. The van der Waals surface area contributed by atoms with E-state index in [1.165, 1.54) is 6.07 Å².